The van der Waals surface area contributed by atoms with Crippen LogP contribution in [0.15, 0.2) is 0 Å². The minimum absolute atomic E-state index is 0. The lowest BCUT2D eigenvalue weighted by Crippen LogP contribution is -2.45. The molecule has 2 rings (SSSR count). The molecule has 1 N–H and O–H groups in total. The number of hydrogen-bond acceptors (Lipinski definition) is 3. The van der Waals surface area contributed by atoms with Crippen LogP contribution in [0.3, 0.4) is 0 Å². The molecule has 2 fully saturated rings. The molecule has 1 aliphatic carbocycles. The molecule has 1 saturated heterocycles. The number of carbonyl (C=O) groups excluding carboxylic acids is 1. The van der Waals surface area contributed by atoms with Gasteiger partial charge in [0.05, 0.1) is 19.2 Å². The van der Waals surface area contributed by atoms with E-state index in [9.17, 15) is 9.18 Å². The van der Waals surface area contributed by atoms with Crippen LogP contribution in [0.2, 0.25) is 0 Å². The quantitative estimate of drug-likeness (QED) is 0.825. The van der Waals surface area contributed by atoms with Crippen LogP contribution in [-0.4, -0.2) is 42.2 Å². The Bertz CT molecular complexity index is 316. The van der Waals surface area contributed by atoms with E-state index in [1.807, 2.05) is 6.07 Å². The van der Waals surface area contributed by atoms with Crippen LogP contribution >= 0.6 is 12.4 Å². The van der Waals surface area contributed by atoms with Crippen LogP contribution in [0, 0.1) is 11.3 Å². The van der Waals surface area contributed by atoms with Crippen LogP contribution in [0.5, 0.6) is 0 Å². The largest absolute Gasteiger partial charge is 0.323 e. The van der Waals surface area contributed by atoms with Gasteiger partial charge in [0, 0.05) is 12.5 Å². The molecule has 6 heteroatoms. The van der Waals surface area contributed by atoms with E-state index in [0.29, 0.717) is 6.04 Å². The Morgan fingerprint density at radius 3 is 2.76 bits per heavy atom. The standard InChI is InChI=1S/C11H16FN3O.ClH/c12-8-4-10(5-13)15(7-8)11(16)6-14-9-2-1-3-9;/h8-10,14H,1-4,6-7H2;1H/t8-,10-;/m0./s1. The molecule has 0 unspecified atom stereocenters. The summed E-state index contributed by atoms with van der Waals surface area (Å²) in [7, 11) is 0. The monoisotopic (exact) mass is 261 g/mol. The molecular weight excluding hydrogens is 245 g/mol. The second-order valence-electron chi connectivity index (χ2n) is 4.53. The average molecular weight is 262 g/mol. The van der Waals surface area contributed by atoms with Gasteiger partial charge in [-0.3, -0.25) is 4.79 Å². The van der Waals surface area contributed by atoms with Crippen molar-refractivity contribution in [3.05, 3.63) is 0 Å². The highest BCUT2D eigenvalue weighted by Crippen LogP contribution is 2.21. The van der Waals surface area contributed by atoms with E-state index in [0.717, 1.165) is 12.8 Å². The summed E-state index contributed by atoms with van der Waals surface area (Å²) in [4.78, 5) is 13.1. The minimum atomic E-state index is -1.04. The SMILES string of the molecule is Cl.N#C[C@@H]1C[C@H](F)CN1C(=O)CNC1CCC1. The van der Waals surface area contributed by atoms with Gasteiger partial charge in [-0.1, -0.05) is 6.42 Å². The van der Waals surface area contributed by atoms with Crippen molar-refractivity contribution < 1.29 is 9.18 Å². The maximum atomic E-state index is 13.1. The molecule has 0 aromatic heterocycles. The molecule has 0 spiro atoms. The fraction of sp³-hybridized carbons (Fsp3) is 0.818. The number of nitrogens with one attached hydrogen (secondary N) is 1. The molecule has 1 aliphatic heterocycles. The lowest BCUT2D eigenvalue weighted by Gasteiger charge is -2.27. The Hall–Kier alpha value is -0.860. The Morgan fingerprint density at radius 1 is 1.53 bits per heavy atom. The normalized spacial score (nSPS) is 28.1. The number of hydrogen-bond donors (Lipinski definition) is 1. The molecule has 4 nitrogen and oxygen atoms in total. The molecule has 0 bridgehead atoms. The number of nitrogens with zero attached hydrogens (tertiary/aromatic N) is 2. The lowest BCUT2D eigenvalue weighted by atomic mass is 9.93. The Kier molecular flexibility index (Phi) is 5.16. The minimum Gasteiger partial charge on any atom is -0.323 e. The van der Waals surface area contributed by atoms with Crippen molar-refractivity contribution in [1.29, 1.82) is 5.26 Å². The second kappa shape index (κ2) is 6.18. The zero-order valence-corrected chi connectivity index (χ0v) is 10.4. The summed E-state index contributed by atoms with van der Waals surface area (Å²) in [6.07, 6.45) is 2.55. The summed E-state index contributed by atoms with van der Waals surface area (Å²) in [5.41, 5.74) is 0. The lowest BCUT2D eigenvalue weighted by molar-refractivity contribution is -0.130. The van der Waals surface area contributed by atoms with E-state index in [1.54, 1.807) is 0 Å². The summed E-state index contributed by atoms with van der Waals surface area (Å²) in [6, 6.07) is 1.84. The highest BCUT2D eigenvalue weighted by atomic mass is 35.5. The van der Waals surface area contributed by atoms with Crippen LogP contribution in [-0.2, 0) is 4.79 Å². The Morgan fingerprint density at radius 2 is 2.24 bits per heavy atom. The highest BCUT2D eigenvalue weighted by Gasteiger charge is 2.35. The zero-order chi connectivity index (χ0) is 11.5. The molecule has 17 heavy (non-hydrogen) atoms. The number of nitriles is 1. The molecular formula is C11H17ClFN3O. The predicted octanol–water partition coefficient (Wildman–Crippen LogP) is 1.01. The van der Waals surface area contributed by atoms with Crippen molar-refractivity contribution in [3.8, 4) is 6.07 Å². The molecule has 1 amide bonds. The second-order valence-corrected chi connectivity index (χ2v) is 4.53. The van der Waals surface area contributed by atoms with Crippen LogP contribution in [0.1, 0.15) is 25.7 Å². The first-order valence-corrected chi connectivity index (χ1v) is 5.77. The van der Waals surface area contributed by atoms with Gasteiger partial charge >= 0.3 is 0 Å². The van der Waals surface area contributed by atoms with Gasteiger partial charge < -0.3 is 10.2 Å². The highest BCUT2D eigenvalue weighted by molar-refractivity contribution is 5.85. The third-order valence-corrected chi connectivity index (χ3v) is 3.37. The van der Waals surface area contributed by atoms with E-state index < -0.39 is 12.2 Å². The predicted molar refractivity (Wildman–Crippen MR) is 63.5 cm³/mol. The van der Waals surface area contributed by atoms with Crippen molar-refractivity contribution in [1.82, 2.24) is 10.2 Å². The first kappa shape index (κ1) is 14.2. The summed E-state index contributed by atoms with van der Waals surface area (Å²) in [5.74, 6) is -0.154. The van der Waals surface area contributed by atoms with Gasteiger partial charge in [0.2, 0.25) is 5.91 Å². The third kappa shape index (κ3) is 3.30. The van der Waals surface area contributed by atoms with Gasteiger partial charge in [0.1, 0.15) is 12.2 Å². The van der Waals surface area contributed by atoms with Gasteiger partial charge in [-0.25, -0.2) is 4.39 Å². The van der Waals surface area contributed by atoms with E-state index in [4.69, 9.17) is 5.26 Å². The van der Waals surface area contributed by atoms with Crippen molar-refractivity contribution in [3.63, 3.8) is 0 Å². The average Bonchev–Trinajstić information content (AvgIpc) is 2.57. The molecule has 96 valence electrons. The van der Waals surface area contributed by atoms with Gasteiger partial charge in [0.25, 0.3) is 0 Å². The number of alkyl halides is 1. The van der Waals surface area contributed by atoms with Gasteiger partial charge in [-0.15, -0.1) is 12.4 Å². The summed E-state index contributed by atoms with van der Waals surface area (Å²) in [5, 5.41) is 11.9. The number of halogens is 2. The first-order chi connectivity index (χ1) is 7.70. The molecule has 1 saturated carbocycles. The topological polar surface area (TPSA) is 56.1 Å². The van der Waals surface area contributed by atoms with E-state index >= 15 is 0 Å². The van der Waals surface area contributed by atoms with Crippen molar-refractivity contribution in [2.45, 2.75) is 43.9 Å². The maximum absolute atomic E-state index is 13.1. The zero-order valence-electron chi connectivity index (χ0n) is 9.56. The number of likely N-dealkylation sites (tertiary alicyclic amines) is 1. The fourth-order valence-electron chi connectivity index (χ4n) is 2.13. The first-order valence-electron chi connectivity index (χ1n) is 5.77. The molecule has 0 aromatic rings. The van der Waals surface area contributed by atoms with E-state index in [-0.39, 0.29) is 37.8 Å². The Labute approximate surface area is 107 Å². The molecule has 0 radical (unpaired) electrons. The summed E-state index contributed by atoms with van der Waals surface area (Å²) < 4.78 is 13.1. The van der Waals surface area contributed by atoms with Crippen molar-refractivity contribution in [2.75, 3.05) is 13.1 Å². The molecule has 0 aromatic carbocycles. The Balaban J connectivity index is 0.00000144. The smallest absolute Gasteiger partial charge is 0.237 e. The third-order valence-electron chi connectivity index (χ3n) is 3.37. The van der Waals surface area contributed by atoms with Gasteiger partial charge in [-0.2, -0.15) is 5.26 Å². The van der Waals surface area contributed by atoms with Gasteiger partial charge in [-0.05, 0) is 12.8 Å². The maximum Gasteiger partial charge on any atom is 0.237 e. The van der Waals surface area contributed by atoms with E-state index in [1.165, 1.54) is 11.3 Å². The molecule has 2 atom stereocenters. The van der Waals surface area contributed by atoms with Crippen LogP contribution < -0.4 is 5.32 Å². The van der Waals surface area contributed by atoms with Crippen LogP contribution in [0.4, 0.5) is 4.39 Å². The fourth-order valence-corrected chi connectivity index (χ4v) is 2.13. The summed E-state index contributed by atoms with van der Waals surface area (Å²) >= 11 is 0. The van der Waals surface area contributed by atoms with Crippen molar-refractivity contribution in [2.24, 2.45) is 0 Å². The number of rotatable bonds is 3. The summed E-state index contributed by atoms with van der Waals surface area (Å²) in [6.45, 7) is 0.305. The number of carbonyl (C=O) groups is 1. The van der Waals surface area contributed by atoms with Crippen LogP contribution in [0.25, 0.3) is 0 Å². The van der Waals surface area contributed by atoms with Crippen molar-refractivity contribution >= 4 is 18.3 Å². The van der Waals surface area contributed by atoms with E-state index in [2.05, 4.69) is 5.32 Å². The van der Waals surface area contributed by atoms with Gasteiger partial charge in [0.15, 0.2) is 0 Å². The molecule has 2 aliphatic rings. The number of amides is 1. The molecule has 1 heterocycles.